The quantitative estimate of drug-likeness (QED) is 0.0986. The fourth-order valence-electron chi connectivity index (χ4n) is 2.23. The fraction of sp³-hybridized carbons (Fsp3) is 0.636. The number of hydrogen-bond acceptors (Lipinski definition) is 5. The highest BCUT2D eigenvalue weighted by molar-refractivity contribution is 9.11. The molecule has 0 fully saturated rings. The van der Waals surface area contributed by atoms with E-state index in [4.69, 9.17) is 13.9 Å². The number of allylic oxidation sites excluding steroid dienone is 2. The molecule has 7 heteroatoms. The number of esters is 2. The molecule has 0 N–H and O–H groups in total. The molecule has 0 aromatic carbocycles. The van der Waals surface area contributed by atoms with Crippen LogP contribution in [0, 0.1) is 17.3 Å². The first-order chi connectivity index (χ1) is 13.3. The lowest BCUT2D eigenvalue weighted by molar-refractivity contribution is -0.168. The van der Waals surface area contributed by atoms with Crippen LogP contribution in [-0.4, -0.2) is 34.5 Å². The molecule has 164 valence electrons. The number of hydrogen-bond donors (Lipinski definition) is 0. The van der Waals surface area contributed by atoms with Crippen LogP contribution in [0.5, 0.6) is 0 Å². The smallest absolute Gasteiger partial charge is 0.324 e. The molecule has 0 radical (unpaired) electrons. The van der Waals surface area contributed by atoms with Crippen molar-refractivity contribution < 1.29 is 23.5 Å². The van der Waals surface area contributed by atoms with Gasteiger partial charge in [0.25, 0.3) is 0 Å². The van der Waals surface area contributed by atoms with Crippen molar-refractivity contribution in [1.29, 1.82) is 0 Å². The van der Waals surface area contributed by atoms with Crippen LogP contribution < -0.4 is 0 Å². The van der Waals surface area contributed by atoms with Crippen LogP contribution in [0.3, 0.4) is 0 Å². The molecule has 0 bridgehead atoms. The van der Waals surface area contributed by atoms with Gasteiger partial charge in [0.05, 0.1) is 20.5 Å². The van der Waals surface area contributed by atoms with E-state index in [0.717, 1.165) is 12.8 Å². The molecule has 0 saturated carbocycles. The Bertz CT molecular complexity index is 649. The topological polar surface area (TPSA) is 61.8 Å². The van der Waals surface area contributed by atoms with Gasteiger partial charge in [0.1, 0.15) is 0 Å². The molecule has 0 spiro atoms. The van der Waals surface area contributed by atoms with E-state index in [1.807, 2.05) is 12.3 Å². The fourth-order valence-corrected chi connectivity index (χ4v) is 3.49. The van der Waals surface area contributed by atoms with E-state index in [9.17, 15) is 9.59 Å². The third-order valence-electron chi connectivity index (χ3n) is 5.10. The first-order valence-electron chi connectivity index (χ1n) is 9.62. The van der Waals surface area contributed by atoms with Crippen molar-refractivity contribution in [2.45, 2.75) is 71.0 Å². The molecular weight excluding hydrogens is 452 g/mol. The summed E-state index contributed by atoms with van der Waals surface area (Å²) in [7, 11) is 0.715. The molecule has 0 atom stereocenters. The van der Waals surface area contributed by atoms with Crippen molar-refractivity contribution in [3.8, 4) is 11.8 Å². The van der Waals surface area contributed by atoms with Gasteiger partial charge in [0, 0.05) is 19.3 Å². The summed E-state index contributed by atoms with van der Waals surface area (Å²) >= 11 is 3.21. The predicted molar refractivity (Wildman–Crippen MR) is 123 cm³/mol. The monoisotopic (exact) mass is 486 g/mol. The average molecular weight is 488 g/mol. The van der Waals surface area contributed by atoms with Crippen LogP contribution in [0.25, 0.3) is 0 Å². The van der Waals surface area contributed by atoms with E-state index in [1.54, 1.807) is 0 Å². The predicted octanol–water partition coefficient (Wildman–Crippen LogP) is 5.72. The van der Waals surface area contributed by atoms with Crippen LogP contribution in [0.2, 0.25) is 18.1 Å². The summed E-state index contributed by atoms with van der Waals surface area (Å²) in [6.07, 6.45) is 6.27. The summed E-state index contributed by atoms with van der Waals surface area (Å²) in [5.41, 5.74) is -1.51. The van der Waals surface area contributed by atoms with Gasteiger partial charge in [0.15, 0.2) is 5.41 Å². The summed E-state index contributed by atoms with van der Waals surface area (Å²) in [6, 6.07) is 0. The maximum absolute atomic E-state index is 12.3. The molecule has 0 unspecified atom stereocenters. The van der Waals surface area contributed by atoms with E-state index in [-0.39, 0.29) is 17.9 Å². The molecule has 5 nitrogen and oxygen atoms in total. The van der Waals surface area contributed by atoms with Crippen molar-refractivity contribution in [3.05, 3.63) is 23.4 Å². The number of methoxy groups -OCH3 is 2. The third-order valence-corrected chi connectivity index (χ3v) is 9.72. The molecule has 0 amide bonds. The van der Waals surface area contributed by atoms with Crippen molar-refractivity contribution in [2.75, 3.05) is 14.2 Å². The Kier molecular flexibility index (Phi) is 11.6. The van der Waals surface area contributed by atoms with Crippen LogP contribution in [0.15, 0.2) is 23.4 Å². The zero-order valence-electron chi connectivity index (χ0n) is 18.8. The van der Waals surface area contributed by atoms with Crippen molar-refractivity contribution in [2.24, 2.45) is 5.41 Å². The zero-order valence-corrected chi connectivity index (χ0v) is 21.4. The largest absolute Gasteiger partial charge is 0.549 e. The summed E-state index contributed by atoms with van der Waals surface area (Å²) in [5.74, 6) is 4.61. The molecule has 0 aliphatic rings. The Hall–Kier alpha value is -1.52. The van der Waals surface area contributed by atoms with Gasteiger partial charge in [-0.25, -0.2) is 0 Å². The lowest BCUT2D eigenvalue weighted by atomic mass is 9.81. The summed E-state index contributed by atoms with van der Waals surface area (Å²) in [6.45, 7) is 14.8. The van der Waals surface area contributed by atoms with Gasteiger partial charge in [-0.2, -0.15) is 0 Å². The lowest BCUT2D eigenvalue weighted by Gasteiger charge is -2.34. The first kappa shape index (κ1) is 27.5. The Morgan fingerprint density at radius 2 is 1.66 bits per heavy atom. The van der Waals surface area contributed by atoms with Gasteiger partial charge < -0.3 is 13.9 Å². The standard InChI is InChI=1S/C22H35BrO5Si/c1-18(23)17-22(19(24)26-5,20(25)27-6)15-13-11-9-10-12-14-16-28-29(7,8)21(2,3)4/h14,16H,1,9-10,12,15,17H2,2-8H3/b16-14-. The number of halogens is 1. The van der Waals surface area contributed by atoms with E-state index in [2.05, 4.69) is 68.2 Å². The molecule has 0 rings (SSSR count). The minimum absolute atomic E-state index is 0.0152. The van der Waals surface area contributed by atoms with E-state index in [1.165, 1.54) is 14.2 Å². The van der Waals surface area contributed by atoms with Crippen molar-refractivity contribution in [1.82, 2.24) is 0 Å². The van der Waals surface area contributed by atoms with Crippen LogP contribution in [0.1, 0.15) is 52.9 Å². The number of ether oxygens (including phenoxy) is 2. The minimum Gasteiger partial charge on any atom is -0.549 e. The molecular formula is C22H35BrO5Si. The second kappa shape index (κ2) is 12.2. The minimum atomic E-state index is -1.76. The van der Waals surface area contributed by atoms with Gasteiger partial charge >= 0.3 is 11.9 Å². The highest BCUT2D eigenvalue weighted by Crippen LogP contribution is 2.37. The zero-order chi connectivity index (χ0) is 22.7. The van der Waals surface area contributed by atoms with Crippen molar-refractivity contribution >= 4 is 36.2 Å². The van der Waals surface area contributed by atoms with Crippen molar-refractivity contribution in [3.63, 3.8) is 0 Å². The Labute approximate surface area is 185 Å². The van der Waals surface area contributed by atoms with E-state index in [0.29, 0.717) is 10.9 Å². The lowest BCUT2D eigenvalue weighted by Crippen LogP contribution is -2.41. The second-order valence-corrected chi connectivity index (χ2v) is 14.3. The van der Waals surface area contributed by atoms with E-state index >= 15 is 0 Å². The summed E-state index contributed by atoms with van der Waals surface area (Å²) in [4.78, 5) is 24.6. The summed E-state index contributed by atoms with van der Waals surface area (Å²) < 4.78 is 16.1. The molecule has 0 aliphatic heterocycles. The highest BCUT2D eigenvalue weighted by Gasteiger charge is 2.48. The Morgan fingerprint density at radius 3 is 2.10 bits per heavy atom. The first-order valence-corrected chi connectivity index (χ1v) is 13.3. The van der Waals surface area contributed by atoms with Gasteiger partial charge in [-0.3, -0.25) is 9.59 Å². The summed E-state index contributed by atoms with van der Waals surface area (Å²) in [5, 5.41) is 0.176. The number of rotatable bonds is 10. The molecule has 0 heterocycles. The average Bonchev–Trinajstić information content (AvgIpc) is 2.62. The second-order valence-electron chi connectivity index (χ2n) is 8.43. The van der Waals surface area contributed by atoms with Gasteiger partial charge in [0.2, 0.25) is 8.32 Å². The van der Waals surface area contributed by atoms with Gasteiger partial charge in [-0.15, -0.1) is 11.8 Å². The van der Waals surface area contributed by atoms with Crippen LogP contribution in [0.4, 0.5) is 0 Å². The molecule has 29 heavy (non-hydrogen) atoms. The van der Waals surface area contributed by atoms with Crippen LogP contribution in [-0.2, 0) is 23.5 Å². The Morgan fingerprint density at radius 1 is 1.10 bits per heavy atom. The Balaban J connectivity index is 4.78. The highest BCUT2D eigenvalue weighted by atomic mass is 79.9. The number of carbonyl (C=O) groups excluding carboxylic acids is 2. The molecule has 0 aliphatic carbocycles. The van der Waals surface area contributed by atoms with Gasteiger partial charge in [-0.05, 0) is 35.5 Å². The van der Waals surface area contributed by atoms with Gasteiger partial charge in [-0.1, -0.05) is 49.4 Å². The molecule has 0 saturated heterocycles. The molecule has 0 aromatic heterocycles. The van der Waals surface area contributed by atoms with Crippen LogP contribution >= 0.6 is 15.9 Å². The third kappa shape index (κ3) is 8.79. The maximum Gasteiger partial charge on any atom is 0.324 e. The number of carbonyl (C=O) groups is 2. The maximum atomic E-state index is 12.3. The normalized spacial score (nSPS) is 12.1. The molecule has 0 aromatic rings. The van der Waals surface area contributed by atoms with E-state index < -0.39 is 25.7 Å². The number of unbranched alkanes of at least 4 members (excludes halogenated alkanes) is 2. The SMILES string of the molecule is C=C(Br)CC(CC#CCCC/C=C\O[Si](C)(C)C(C)(C)C)(C(=O)OC)C(=O)OC.